The number of carboxylic acid groups (broad SMARTS) is 1. The van der Waals surface area contributed by atoms with Gasteiger partial charge >= 0.3 is 12.1 Å². The van der Waals surface area contributed by atoms with Crippen molar-refractivity contribution in [2.24, 2.45) is 5.92 Å². The van der Waals surface area contributed by atoms with E-state index in [0.29, 0.717) is 31.6 Å². The molecule has 268 valence electrons. The summed E-state index contributed by atoms with van der Waals surface area (Å²) in [6.07, 6.45) is 4.09. The molecule has 0 radical (unpaired) electrons. The molecular weight excluding hydrogens is 663 g/mol. The Morgan fingerprint density at radius 1 is 0.843 bits per heavy atom. The fourth-order valence-electron chi connectivity index (χ4n) is 6.42. The average molecular weight is 710 g/mol. The van der Waals surface area contributed by atoms with E-state index in [-0.39, 0.29) is 12.7 Å². The summed E-state index contributed by atoms with van der Waals surface area (Å²) in [5.41, 5.74) is 9.86. The Balaban J connectivity index is 1.37. The molecule has 1 aromatic heterocycles. The van der Waals surface area contributed by atoms with Crippen LogP contribution in [-0.2, 0) is 45.4 Å². The molecule has 9 nitrogen and oxygen atoms in total. The highest BCUT2D eigenvalue weighted by molar-refractivity contribution is 7.92. The first-order valence-electron chi connectivity index (χ1n) is 17.3. The van der Waals surface area contributed by atoms with Gasteiger partial charge in [-0.3, -0.25) is 9.52 Å². The number of rotatable bonds is 16. The number of hydrogen-bond donors (Lipinski definition) is 3. The Hall–Kier alpha value is -5.09. The van der Waals surface area contributed by atoms with Gasteiger partial charge in [-0.15, -0.1) is 0 Å². The maximum Gasteiger partial charge on any atom is 0.410 e. The van der Waals surface area contributed by atoms with Crippen molar-refractivity contribution in [2.45, 2.75) is 59.5 Å². The lowest BCUT2D eigenvalue weighted by Gasteiger charge is -2.23. The number of fused-ring (bicyclic) bond motifs is 1. The molecule has 4 aromatic carbocycles. The maximum atomic E-state index is 13.6. The molecule has 5 aromatic rings. The fraction of sp³-hybridized carbons (Fsp3) is 0.317. The van der Waals surface area contributed by atoms with Gasteiger partial charge in [-0.25, -0.2) is 13.2 Å². The average Bonchev–Trinajstić information content (AvgIpc) is 3.44. The number of unbranched alkanes of at least 4 members (excludes halogenated alkanes) is 1. The van der Waals surface area contributed by atoms with Crippen LogP contribution in [-0.4, -0.2) is 54.8 Å². The Morgan fingerprint density at radius 3 is 2.20 bits per heavy atom. The van der Waals surface area contributed by atoms with E-state index in [9.17, 15) is 23.1 Å². The van der Waals surface area contributed by atoms with Crippen LogP contribution in [0.4, 0.5) is 10.5 Å². The van der Waals surface area contributed by atoms with Crippen molar-refractivity contribution in [3.05, 3.63) is 124 Å². The molecule has 0 fully saturated rings. The van der Waals surface area contributed by atoms with E-state index in [4.69, 9.17) is 4.74 Å². The number of hydrogen-bond acceptors (Lipinski definition) is 5. The van der Waals surface area contributed by atoms with E-state index in [1.54, 1.807) is 24.0 Å². The summed E-state index contributed by atoms with van der Waals surface area (Å²) in [5.74, 6) is -1.34. The number of carboxylic acids is 1. The number of H-pyrrole nitrogens is 1. The second kappa shape index (κ2) is 16.7. The molecule has 0 spiro atoms. The van der Waals surface area contributed by atoms with Crippen LogP contribution in [0.25, 0.3) is 22.2 Å². The van der Waals surface area contributed by atoms with Crippen molar-refractivity contribution in [1.82, 2.24) is 9.88 Å². The second-order valence-electron chi connectivity index (χ2n) is 13.5. The number of aromatic amines is 1. The first-order chi connectivity index (χ1) is 24.3. The highest BCUT2D eigenvalue weighted by Crippen LogP contribution is 2.33. The molecule has 1 atom stereocenters. The minimum atomic E-state index is -3.34. The zero-order valence-corrected chi connectivity index (χ0v) is 30.6. The number of sulfonamides is 1. The number of carbonyl (C=O) groups excluding carboxylic acids is 1. The largest absolute Gasteiger partial charge is 0.481 e. The summed E-state index contributed by atoms with van der Waals surface area (Å²) < 4.78 is 31.4. The van der Waals surface area contributed by atoms with Crippen LogP contribution in [0.3, 0.4) is 0 Å². The third-order valence-corrected chi connectivity index (χ3v) is 9.55. The van der Waals surface area contributed by atoms with Crippen molar-refractivity contribution in [3.8, 4) is 11.3 Å². The van der Waals surface area contributed by atoms with Crippen LogP contribution in [0.2, 0.25) is 0 Å². The number of benzene rings is 4. The SMILES string of the molecule is Cc1cc(C)cc(-c2[nH]c3ccc(CC(C)C(=O)O)cc3c2CCN(CCCCc2ccc(NS(C)(=O)=O)cc2)C(=O)OCc2ccccc2)c1. The molecule has 1 unspecified atom stereocenters. The molecule has 0 saturated heterocycles. The zero-order valence-electron chi connectivity index (χ0n) is 29.7. The van der Waals surface area contributed by atoms with E-state index < -0.39 is 21.9 Å². The third-order valence-electron chi connectivity index (χ3n) is 8.94. The monoisotopic (exact) mass is 709 g/mol. The summed E-state index contributed by atoms with van der Waals surface area (Å²) in [4.78, 5) is 30.7. The second-order valence-corrected chi connectivity index (χ2v) is 15.2. The van der Waals surface area contributed by atoms with Gasteiger partial charge in [0.15, 0.2) is 0 Å². The smallest absolute Gasteiger partial charge is 0.410 e. The van der Waals surface area contributed by atoms with Crippen LogP contribution in [0, 0.1) is 19.8 Å². The highest BCUT2D eigenvalue weighted by atomic mass is 32.2. The van der Waals surface area contributed by atoms with Crippen LogP contribution in [0.1, 0.15) is 53.1 Å². The number of anilines is 1. The van der Waals surface area contributed by atoms with Gasteiger partial charge in [0.2, 0.25) is 10.0 Å². The number of aromatic nitrogens is 1. The van der Waals surface area contributed by atoms with Crippen molar-refractivity contribution < 1.29 is 27.9 Å². The Labute approximate surface area is 300 Å². The molecule has 0 aliphatic carbocycles. The zero-order chi connectivity index (χ0) is 36.5. The first-order valence-corrected chi connectivity index (χ1v) is 19.2. The van der Waals surface area contributed by atoms with E-state index in [0.717, 1.165) is 81.1 Å². The lowest BCUT2D eigenvalue weighted by atomic mass is 9.96. The molecule has 0 bridgehead atoms. The minimum Gasteiger partial charge on any atom is -0.481 e. The highest BCUT2D eigenvalue weighted by Gasteiger charge is 2.20. The first kappa shape index (κ1) is 37.2. The van der Waals surface area contributed by atoms with Gasteiger partial charge in [0.1, 0.15) is 6.61 Å². The third kappa shape index (κ3) is 10.7. The van der Waals surface area contributed by atoms with Gasteiger partial charge in [0.25, 0.3) is 0 Å². The van der Waals surface area contributed by atoms with Gasteiger partial charge in [0, 0.05) is 35.4 Å². The number of amides is 1. The van der Waals surface area contributed by atoms with Gasteiger partial charge in [-0.2, -0.15) is 0 Å². The van der Waals surface area contributed by atoms with Crippen molar-refractivity contribution >= 4 is 38.7 Å². The van der Waals surface area contributed by atoms with Crippen LogP contribution in [0.5, 0.6) is 0 Å². The van der Waals surface area contributed by atoms with Crippen molar-refractivity contribution in [2.75, 3.05) is 24.1 Å². The number of nitrogens with one attached hydrogen (secondary N) is 2. The Bertz CT molecular complexity index is 2050. The van der Waals surface area contributed by atoms with Crippen LogP contribution in [0.15, 0.2) is 91.0 Å². The fourth-order valence-corrected chi connectivity index (χ4v) is 6.99. The Morgan fingerprint density at radius 2 is 1.53 bits per heavy atom. The number of aryl methyl sites for hydroxylation is 3. The lowest BCUT2D eigenvalue weighted by molar-refractivity contribution is -0.141. The van der Waals surface area contributed by atoms with Crippen molar-refractivity contribution in [3.63, 3.8) is 0 Å². The van der Waals surface area contributed by atoms with Crippen LogP contribution < -0.4 is 4.72 Å². The normalized spacial score (nSPS) is 12.1. The van der Waals surface area contributed by atoms with Gasteiger partial charge < -0.3 is 19.7 Å². The molecule has 3 N–H and O–H groups in total. The summed E-state index contributed by atoms with van der Waals surface area (Å²) in [5, 5.41) is 10.6. The van der Waals surface area contributed by atoms with Crippen molar-refractivity contribution in [1.29, 1.82) is 0 Å². The molecule has 1 heterocycles. The molecule has 1 amide bonds. The molecule has 0 saturated carbocycles. The van der Waals surface area contributed by atoms with E-state index in [1.807, 2.05) is 54.6 Å². The van der Waals surface area contributed by atoms with Gasteiger partial charge in [0.05, 0.1) is 12.2 Å². The molecule has 5 rings (SSSR count). The number of carbonyl (C=O) groups is 2. The summed E-state index contributed by atoms with van der Waals surface area (Å²) in [7, 11) is -3.34. The quantitative estimate of drug-likeness (QED) is 0.0885. The van der Waals surface area contributed by atoms with E-state index in [1.165, 1.54) is 0 Å². The van der Waals surface area contributed by atoms with E-state index in [2.05, 4.69) is 47.8 Å². The van der Waals surface area contributed by atoms with E-state index >= 15 is 0 Å². The molecule has 10 heteroatoms. The molecule has 0 aliphatic rings. The Kier molecular flexibility index (Phi) is 12.2. The summed E-state index contributed by atoms with van der Waals surface area (Å²) in [6.45, 7) is 6.99. The number of aliphatic carboxylic acids is 1. The van der Waals surface area contributed by atoms with Crippen LogP contribution >= 0.6 is 0 Å². The van der Waals surface area contributed by atoms with Gasteiger partial charge in [-0.1, -0.05) is 72.6 Å². The lowest BCUT2D eigenvalue weighted by Crippen LogP contribution is -2.34. The topological polar surface area (TPSA) is 129 Å². The standard InChI is InChI=1S/C41H47N3O6S/c1-28-22-29(2)24-34(23-28)39-36(37-26-33(15-18-38(37)42-39)25-30(3)40(45)46)19-21-44(41(47)50-27-32-11-6-5-7-12-32)20-9-8-10-31-13-16-35(17-14-31)43-51(4,48)49/h5-7,11-18,22-24,26,30,42-43H,8-10,19-21,25,27H2,1-4H3,(H,45,46). The molecule has 51 heavy (non-hydrogen) atoms. The number of ether oxygens (including phenoxy) is 1. The number of nitrogens with zero attached hydrogens (tertiary/aromatic N) is 1. The molecular formula is C41H47N3O6S. The predicted octanol–water partition coefficient (Wildman–Crippen LogP) is 8.29. The van der Waals surface area contributed by atoms with Gasteiger partial charge in [-0.05, 0) is 110 Å². The predicted molar refractivity (Wildman–Crippen MR) is 203 cm³/mol. The summed E-state index contributed by atoms with van der Waals surface area (Å²) >= 11 is 0. The molecule has 0 aliphatic heterocycles. The summed E-state index contributed by atoms with van der Waals surface area (Å²) in [6, 6.07) is 29.5. The minimum absolute atomic E-state index is 0.177. The maximum absolute atomic E-state index is 13.6.